The van der Waals surface area contributed by atoms with Crippen molar-refractivity contribution < 1.29 is 28.5 Å². The zero-order chi connectivity index (χ0) is 22.2. The lowest BCUT2D eigenvalue weighted by atomic mass is 10.1. The van der Waals surface area contributed by atoms with Gasteiger partial charge in [-0.15, -0.1) is 0 Å². The molecule has 0 heterocycles. The largest absolute Gasteiger partial charge is 0.493 e. The normalized spacial score (nSPS) is 10.2. The number of hydrogen-bond donors (Lipinski definition) is 1. The fourth-order valence-electron chi connectivity index (χ4n) is 2.91. The lowest BCUT2D eigenvalue weighted by molar-refractivity contribution is 0.0471. The molecule has 7 nitrogen and oxygen atoms in total. The van der Waals surface area contributed by atoms with Gasteiger partial charge in [-0.25, -0.2) is 4.79 Å². The third-order valence-electron chi connectivity index (χ3n) is 4.52. The number of carbonyl (C=O) groups is 2. The van der Waals surface area contributed by atoms with Crippen LogP contribution >= 0.6 is 0 Å². The molecule has 31 heavy (non-hydrogen) atoms. The standard InChI is InChI=1S/C24H23NO6/c1-28-20-13-18(14-21(29-2)22(20)30-3)24(27)31-15-16-9-11-17(12-10-16)23(26)25-19-7-5-4-6-8-19/h4-14H,15H2,1-3H3,(H,25,26). The number of nitrogens with one attached hydrogen (secondary N) is 1. The fourth-order valence-corrected chi connectivity index (χ4v) is 2.91. The van der Waals surface area contributed by atoms with Crippen molar-refractivity contribution >= 4 is 17.6 Å². The molecule has 0 saturated carbocycles. The molecule has 0 unspecified atom stereocenters. The summed E-state index contributed by atoms with van der Waals surface area (Å²) in [6, 6.07) is 19.1. The molecule has 1 amide bonds. The number of hydrogen-bond acceptors (Lipinski definition) is 6. The summed E-state index contributed by atoms with van der Waals surface area (Å²) in [6.45, 7) is 0.0517. The predicted octanol–water partition coefficient (Wildman–Crippen LogP) is 4.32. The van der Waals surface area contributed by atoms with Crippen molar-refractivity contribution in [3.05, 3.63) is 83.4 Å². The van der Waals surface area contributed by atoms with Gasteiger partial charge in [0.25, 0.3) is 5.91 Å². The number of ether oxygens (including phenoxy) is 4. The average Bonchev–Trinajstić information content (AvgIpc) is 2.82. The molecular weight excluding hydrogens is 398 g/mol. The van der Waals surface area contributed by atoms with Crippen LogP contribution in [0, 0.1) is 0 Å². The third kappa shape index (κ3) is 5.33. The minimum absolute atomic E-state index is 0.0517. The Bertz CT molecular complexity index is 1020. The maximum absolute atomic E-state index is 12.5. The minimum Gasteiger partial charge on any atom is -0.493 e. The summed E-state index contributed by atoms with van der Waals surface area (Å²) in [5.74, 6) is 0.369. The monoisotopic (exact) mass is 421 g/mol. The van der Waals surface area contributed by atoms with Crippen LogP contribution in [0.5, 0.6) is 17.2 Å². The van der Waals surface area contributed by atoms with Crippen LogP contribution < -0.4 is 19.5 Å². The van der Waals surface area contributed by atoms with Crippen LogP contribution in [0.1, 0.15) is 26.3 Å². The summed E-state index contributed by atoms with van der Waals surface area (Å²) >= 11 is 0. The molecule has 0 bridgehead atoms. The number of rotatable bonds is 8. The van der Waals surface area contributed by atoms with E-state index in [1.165, 1.54) is 33.5 Å². The Morgan fingerprint density at radius 3 is 1.94 bits per heavy atom. The van der Waals surface area contributed by atoms with Gasteiger partial charge in [-0.2, -0.15) is 0 Å². The van der Waals surface area contributed by atoms with Gasteiger partial charge in [0.2, 0.25) is 5.75 Å². The lowest BCUT2D eigenvalue weighted by Gasteiger charge is -2.14. The smallest absolute Gasteiger partial charge is 0.338 e. The van der Waals surface area contributed by atoms with Gasteiger partial charge < -0.3 is 24.3 Å². The maximum Gasteiger partial charge on any atom is 0.338 e. The molecule has 0 aliphatic heterocycles. The first-order chi connectivity index (χ1) is 15.0. The van der Waals surface area contributed by atoms with Crippen molar-refractivity contribution in [2.24, 2.45) is 0 Å². The Balaban J connectivity index is 1.63. The molecule has 3 aromatic rings. The number of esters is 1. The molecule has 0 atom stereocenters. The Labute approximate surface area is 180 Å². The van der Waals surface area contributed by atoms with Gasteiger partial charge in [0.1, 0.15) is 6.61 Å². The van der Waals surface area contributed by atoms with E-state index >= 15 is 0 Å². The van der Waals surface area contributed by atoms with Gasteiger partial charge in [0.05, 0.1) is 26.9 Å². The van der Waals surface area contributed by atoms with Crippen LogP contribution in [0.15, 0.2) is 66.7 Å². The highest BCUT2D eigenvalue weighted by Gasteiger charge is 2.18. The van der Waals surface area contributed by atoms with E-state index in [1.54, 1.807) is 24.3 Å². The van der Waals surface area contributed by atoms with Crippen molar-refractivity contribution in [3.63, 3.8) is 0 Å². The van der Waals surface area contributed by atoms with Crippen LogP contribution in [-0.2, 0) is 11.3 Å². The van der Waals surface area contributed by atoms with Crippen molar-refractivity contribution in [3.8, 4) is 17.2 Å². The number of methoxy groups -OCH3 is 3. The van der Waals surface area contributed by atoms with E-state index in [0.29, 0.717) is 22.8 Å². The van der Waals surface area contributed by atoms with E-state index in [0.717, 1.165) is 11.3 Å². The van der Waals surface area contributed by atoms with Gasteiger partial charge in [-0.1, -0.05) is 30.3 Å². The van der Waals surface area contributed by atoms with Crippen molar-refractivity contribution in [1.29, 1.82) is 0 Å². The van der Waals surface area contributed by atoms with E-state index in [9.17, 15) is 9.59 Å². The molecule has 0 aromatic heterocycles. The first-order valence-corrected chi connectivity index (χ1v) is 9.48. The summed E-state index contributed by atoms with van der Waals surface area (Å²) in [4.78, 5) is 24.8. The molecule has 3 aromatic carbocycles. The number of benzene rings is 3. The summed E-state index contributed by atoms with van der Waals surface area (Å²) in [7, 11) is 4.44. The number of amides is 1. The highest BCUT2D eigenvalue weighted by Crippen LogP contribution is 2.38. The van der Waals surface area contributed by atoms with E-state index < -0.39 is 5.97 Å². The molecule has 160 valence electrons. The molecule has 0 saturated heterocycles. The van der Waals surface area contributed by atoms with Gasteiger partial charge in [-0.05, 0) is 42.0 Å². The average molecular weight is 421 g/mol. The van der Waals surface area contributed by atoms with E-state index in [4.69, 9.17) is 18.9 Å². The SMILES string of the molecule is COc1cc(C(=O)OCc2ccc(C(=O)Nc3ccccc3)cc2)cc(OC)c1OC. The molecule has 7 heteroatoms. The van der Waals surface area contributed by atoms with Crippen molar-refractivity contribution in [1.82, 2.24) is 0 Å². The lowest BCUT2D eigenvalue weighted by Crippen LogP contribution is -2.12. The van der Waals surface area contributed by atoms with Crippen LogP contribution in [0.25, 0.3) is 0 Å². The van der Waals surface area contributed by atoms with Crippen LogP contribution in [0.2, 0.25) is 0 Å². The second kappa shape index (κ2) is 10.2. The summed E-state index contributed by atoms with van der Waals surface area (Å²) in [5, 5.41) is 2.82. The Morgan fingerprint density at radius 1 is 0.774 bits per heavy atom. The van der Waals surface area contributed by atoms with Crippen LogP contribution in [-0.4, -0.2) is 33.2 Å². The van der Waals surface area contributed by atoms with Crippen LogP contribution in [0.3, 0.4) is 0 Å². The second-order valence-electron chi connectivity index (χ2n) is 6.51. The Kier molecular flexibility index (Phi) is 7.11. The summed E-state index contributed by atoms with van der Waals surface area (Å²) < 4.78 is 21.2. The van der Waals surface area contributed by atoms with Gasteiger partial charge >= 0.3 is 5.97 Å². The highest BCUT2D eigenvalue weighted by atomic mass is 16.5. The molecule has 0 fully saturated rings. The summed E-state index contributed by atoms with van der Waals surface area (Å²) in [6.07, 6.45) is 0. The van der Waals surface area contributed by atoms with E-state index in [1.807, 2.05) is 30.3 Å². The van der Waals surface area contributed by atoms with Crippen molar-refractivity contribution in [2.75, 3.05) is 26.6 Å². The number of anilines is 1. The molecule has 0 spiro atoms. The third-order valence-corrected chi connectivity index (χ3v) is 4.52. The highest BCUT2D eigenvalue weighted by molar-refractivity contribution is 6.04. The molecule has 0 radical (unpaired) electrons. The van der Waals surface area contributed by atoms with Gasteiger partial charge in [-0.3, -0.25) is 4.79 Å². The van der Waals surface area contributed by atoms with Crippen molar-refractivity contribution in [2.45, 2.75) is 6.61 Å². The fraction of sp³-hybridized carbons (Fsp3) is 0.167. The zero-order valence-corrected chi connectivity index (χ0v) is 17.5. The molecule has 1 N–H and O–H groups in total. The summed E-state index contributed by atoms with van der Waals surface area (Å²) in [5.41, 5.74) is 2.24. The molecule has 0 aliphatic carbocycles. The minimum atomic E-state index is -0.537. The topological polar surface area (TPSA) is 83.1 Å². The number of carbonyl (C=O) groups excluding carboxylic acids is 2. The van der Waals surface area contributed by atoms with E-state index in [-0.39, 0.29) is 18.1 Å². The predicted molar refractivity (Wildman–Crippen MR) is 116 cm³/mol. The quantitative estimate of drug-likeness (QED) is 0.546. The molecular formula is C24H23NO6. The van der Waals surface area contributed by atoms with Gasteiger partial charge in [0.15, 0.2) is 11.5 Å². The molecule has 0 aliphatic rings. The van der Waals surface area contributed by atoms with E-state index in [2.05, 4.69) is 5.32 Å². The number of para-hydroxylation sites is 1. The first-order valence-electron chi connectivity index (χ1n) is 9.48. The molecule has 3 rings (SSSR count). The van der Waals surface area contributed by atoms with Crippen LogP contribution in [0.4, 0.5) is 5.69 Å². The first kappa shape index (κ1) is 21.7. The zero-order valence-electron chi connectivity index (χ0n) is 17.5. The maximum atomic E-state index is 12.5. The Morgan fingerprint density at radius 2 is 1.39 bits per heavy atom. The van der Waals surface area contributed by atoms with Gasteiger partial charge in [0, 0.05) is 11.3 Å². The second-order valence-corrected chi connectivity index (χ2v) is 6.51. The Hall–Kier alpha value is -4.00.